The number of nitrogens with zero attached hydrogens (tertiary/aromatic N) is 1. The number of furan rings is 1. The van der Waals surface area contributed by atoms with E-state index in [0.29, 0.717) is 0 Å². The van der Waals surface area contributed by atoms with E-state index in [1.165, 1.54) is 76.6 Å². The molecule has 2 nitrogen and oxygen atoms in total. The summed E-state index contributed by atoms with van der Waals surface area (Å²) in [6, 6.07) is 56.6. The van der Waals surface area contributed by atoms with Crippen LogP contribution in [0.3, 0.4) is 0 Å². The zero-order valence-corrected chi connectivity index (χ0v) is 27.8. The summed E-state index contributed by atoms with van der Waals surface area (Å²) in [4.78, 5) is 0. The molecule has 0 aliphatic carbocycles. The van der Waals surface area contributed by atoms with Crippen molar-refractivity contribution in [1.82, 2.24) is 4.57 Å². The van der Waals surface area contributed by atoms with E-state index in [2.05, 4.69) is 169 Å². The first-order chi connectivity index (χ1) is 23.6. The fraction of sp³-hybridized carbons (Fsp3) is 0.0667. The number of aromatic nitrogens is 1. The molecule has 0 radical (unpaired) electrons. The smallest absolute Gasteiger partial charge is 0.143 e. The summed E-state index contributed by atoms with van der Waals surface area (Å²) in [5, 5.41) is 7.93. The average Bonchev–Trinajstić information content (AvgIpc) is 3.69. The highest BCUT2D eigenvalue weighted by Crippen LogP contribution is 2.55. The molecular weight excluding hydrogens is 599 g/mol. The van der Waals surface area contributed by atoms with Gasteiger partial charge in [0.25, 0.3) is 0 Å². The van der Waals surface area contributed by atoms with Gasteiger partial charge < -0.3 is 8.98 Å². The molecule has 226 valence electrons. The molecule has 0 amide bonds. The number of hydrogen-bond acceptors (Lipinski definition) is 1. The second kappa shape index (κ2) is 9.03. The first-order valence-electron chi connectivity index (χ1n) is 16.9. The summed E-state index contributed by atoms with van der Waals surface area (Å²) in [7, 11) is -2.27. The summed E-state index contributed by atoms with van der Waals surface area (Å²) in [5.41, 5.74) is 13.2. The van der Waals surface area contributed by atoms with Gasteiger partial charge in [-0.15, -0.1) is 0 Å². The van der Waals surface area contributed by atoms with Crippen LogP contribution in [0.15, 0.2) is 156 Å². The van der Waals surface area contributed by atoms with Crippen LogP contribution >= 0.6 is 0 Å². The van der Waals surface area contributed by atoms with Gasteiger partial charge in [0.2, 0.25) is 0 Å². The van der Waals surface area contributed by atoms with Gasteiger partial charge in [-0.3, -0.25) is 0 Å². The second-order valence-corrected chi connectivity index (χ2v) is 18.3. The minimum absolute atomic E-state index is 0.493. The minimum atomic E-state index is -2.27. The van der Waals surface area contributed by atoms with Crippen molar-refractivity contribution in [2.75, 3.05) is 0 Å². The molecule has 48 heavy (non-hydrogen) atoms. The van der Waals surface area contributed by atoms with Gasteiger partial charge in [-0.2, -0.15) is 0 Å². The van der Waals surface area contributed by atoms with Crippen LogP contribution in [0.25, 0.3) is 60.6 Å². The van der Waals surface area contributed by atoms with Crippen LogP contribution in [0.4, 0.5) is 0 Å². The van der Waals surface area contributed by atoms with E-state index in [9.17, 15) is 0 Å². The van der Waals surface area contributed by atoms with Gasteiger partial charge in [0.15, 0.2) is 0 Å². The zero-order chi connectivity index (χ0) is 31.8. The molecule has 0 fully saturated rings. The Morgan fingerprint density at radius 2 is 1.12 bits per heavy atom. The SMILES string of the molecule is C[Si]1(C)c2ccccc2C2(c3ccccc3-n3c4ccccc4c4cccc2c43)c2cccc(-c3cccc4c3oc3ccccc34)c21. The molecular formula is C45H31NOSi. The van der Waals surface area contributed by atoms with Crippen molar-refractivity contribution in [3.8, 4) is 16.8 Å². The molecule has 7 aromatic carbocycles. The molecule has 4 heterocycles. The van der Waals surface area contributed by atoms with Gasteiger partial charge in [0.1, 0.15) is 19.2 Å². The van der Waals surface area contributed by atoms with Crippen LogP contribution in [-0.4, -0.2) is 12.6 Å². The standard InChI is InChI=1S/C45H31NOSi/c1-48(2)41-27-10-6-21-35(41)45(34-20-5-8-25-39(34)46-38-24-7-3-14-28(38)30-16-12-22-36(45)42(30)46)37-23-13-19-33(44(37)48)32-18-11-17-31-29-15-4-9-26-40(29)47-43(31)32/h3-27H,1-2H3. The van der Waals surface area contributed by atoms with Crippen molar-refractivity contribution in [1.29, 1.82) is 0 Å². The molecule has 0 bridgehead atoms. The molecule has 3 heteroatoms. The monoisotopic (exact) mass is 629 g/mol. The van der Waals surface area contributed by atoms with E-state index in [-0.39, 0.29) is 0 Å². The highest BCUT2D eigenvalue weighted by Gasteiger charge is 2.53. The van der Waals surface area contributed by atoms with Crippen molar-refractivity contribution in [2.45, 2.75) is 18.5 Å². The van der Waals surface area contributed by atoms with E-state index in [4.69, 9.17) is 4.42 Å². The number of fused-ring (bicyclic) bond motifs is 14. The summed E-state index contributed by atoms with van der Waals surface area (Å²) >= 11 is 0. The lowest BCUT2D eigenvalue weighted by Crippen LogP contribution is -2.64. The zero-order valence-electron chi connectivity index (χ0n) is 26.8. The Balaban J connectivity index is 1.35. The average molecular weight is 630 g/mol. The van der Waals surface area contributed by atoms with Crippen molar-refractivity contribution in [2.24, 2.45) is 0 Å². The van der Waals surface area contributed by atoms with Crippen molar-refractivity contribution >= 4 is 62.2 Å². The van der Waals surface area contributed by atoms with Crippen LogP contribution in [0, 0.1) is 0 Å². The molecule has 9 aromatic rings. The quantitative estimate of drug-likeness (QED) is 0.165. The Labute approximate surface area is 279 Å². The van der Waals surface area contributed by atoms with Crippen molar-refractivity contribution < 1.29 is 4.42 Å². The summed E-state index contributed by atoms with van der Waals surface area (Å²) in [6.45, 7) is 5.10. The van der Waals surface area contributed by atoms with Crippen molar-refractivity contribution in [3.05, 3.63) is 174 Å². The van der Waals surface area contributed by atoms with Crippen LogP contribution in [0.1, 0.15) is 22.3 Å². The van der Waals surface area contributed by atoms with Gasteiger partial charge in [-0.1, -0.05) is 147 Å². The van der Waals surface area contributed by atoms with E-state index in [1.807, 2.05) is 0 Å². The molecule has 0 saturated heterocycles. The summed E-state index contributed by atoms with van der Waals surface area (Å²) < 4.78 is 9.23. The third kappa shape index (κ3) is 3.00. The maximum atomic E-state index is 6.70. The Morgan fingerprint density at radius 3 is 2.04 bits per heavy atom. The molecule has 1 spiro atoms. The topological polar surface area (TPSA) is 18.1 Å². The number of para-hydroxylation sites is 5. The third-order valence-corrected chi connectivity index (χ3v) is 15.0. The largest absolute Gasteiger partial charge is 0.455 e. The van der Waals surface area contributed by atoms with Crippen molar-refractivity contribution in [3.63, 3.8) is 0 Å². The molecule has 0 saturated carbocycles. The first-order valence-corrected chi connectivity index (χ1v) is 19.9. The Kier molecular flexibility index (Phi) is 4.97. The highest BCUT2D eigenvalue weighted by molar-refractivity contribution is 7.02. The Morgan fingerprint density at radius 1 is 0.500 bits per heavy atom. The van der Waals surface area contributed by atoms with Gasteiger partial charge in [-0.25, -0.2) is 0 Å². The molecule has 11 rings (SSSR count). The molecule has 2 aliphatic heterocycles. The van der Waals surface area contributed by atoms with E-state index in [0.717, 1.165) is 16.6 Å². The Hall–Kier alpha value is -5.64. The maximum Gasteiger partial charge on any atom is 0.143 e. The van der Waals surface area contributed by atoms with E-state index in [1.54, 1.807) is 0 Å². The van der Waals surface area contributed by atoms with Crippen LogP contribution < -0.4 is 10.4 Å². The summed E-state index contributed by atoms with van der Waals surface area (Å²) in [6.07, 6.45) is 0. The van der Waals surface area contributed by atoms with Gasteiger partial charge in [0.05, 0.1) is 22.1 Å². The predicted molar refractivity (Wildman–Crippen MR) is 202 cm³/mol. The number of benzene rings is 7. The lowest BCUT2D eigenvalue weighted by Gasteiger charge is -2.50. The van der Waals surface area contributed by atoms with Crippen LogP contribution in [0.2, 0.25) is 13.1 Å². The van der Waals surface area contributed by atoms with E-state index >= 15 is 0 Å². The summed E-state index contributed by atoms with van der Waals surface area (Å²) in [5.74, 6) is 0. The maximum absolute atomic E-state index is 6.70. The second-order valence-electron chi connectivity index (χ2n) is 14.0. The fourth-order valence-corrected chi connectivity index (χ4v) is 13.2. The van der Waals surface area contributed by atoms with E-state index < -0.39 is 13.5 Å². The van der Waals surface area contributed by atoms with Gasteiger partial charge >= 0.3 is 0 Å². The number of hydrogen-bond donors (Lipinski definition) is 0. The number of rotatable bonds is 1. The van der Waals surface area contributed by atoms with Gasteiger partial charge in [0, 0.05) is 27.1 Å². The minimum Gasteiger partial charge on any atom is -0.455 e. The predicted octanol–water partition coefficient (Wildman–Crippen LogP) is 10.2. The molecule has 2 aliphatic rings. The highest BCUT2D eigenvalue weighted by atomic mass is 28.3. The third-order valence-electron chi connectivity index (χ3n) is 11.4. The molecule has 1 atom stereocenters. The lowest BCUT2D eigenvalue weighted by molar-refractivity contribution is 0.670. The normalized spacial score (nSPS) is 17.2. The lowest BCUT2D eigenvalue weighted by atomic mass is 9.62. The molecule has 1 unspecified atom stereocenters. The van der Waals surface area contributed by atoms with Gasteiger partial charge in [-0.05, 0) is 56.4 Å². The first kappa shape index (κ1) is 26.4. The van der Waals surface area contributed by atoms with Crippen LogP contribution in [0.5, 0.6) is 0 Å². The molecule has 0 N–H and O–H groups in total. The molecule has 2 aromatic heterocycles. The fourth-order valence-electron chi connectivity index (χ4n) is 9.64. The van der Waals surface area contributed by atoms with Crippen LogP contribution in [-0.2, 0) is 5.41 Å². The Bertz CT molecular complexity index is 2830.